The maximum atomic E-state index is 5.72. The van der Waals surface area contributed by atoms with Gasteiger partial charge in [-0.15, -0.1) is 0 Å². The molecule has 126 valence electrons. The Labute approximate surface area is 147 Å². The van der Waals surface area contributed by atoms with Crippen LogP contribution in [0.5, 0.6) is 0 Å². The van der Waals surface area contributed by atoms with Gasteiger partial charge in [0.15, 0.2) is 0 Å². The molecule has 0 atom stereocenters. The van der Waals surface area contributed by atoms with Crippen LogP contribution in [0.2, 0.25) is 0 Å². The van der Waals surface area contributed by atoms with Crippen LogP contribution in [-0.4, -0.2) is 17.4 Å². The van der Waals surface area contributed by atoms with Crippen molar-refractivity contribution in [1.29, 1.82) is 0 Å². The van der Waals surface area contributed by atoms with Crippen molar-refractivity contribution >= 4 is 29.1 Å². The Hall–Kier alpha value is -3.21. The molecule has 0 unspecified atom stereocenters. The van der Waals surface area contributed by atoms with Crippen LogP contribution < -0.4 is 22.3 Å². The van der Waals surface area contributed by atoms with Gasteiger partial charge >= 0.3 is 0 Å². The minimum Gasteiger partial charge on any atom is -0.287 e. The van der Waals surface area contributed by atoms with Crippen LogP contribution in [0, 0.1) is 0 Å². The molecule has 1 aliphatic rings. The monoisotopic (exact) mass is 333 g/mol. The second-order valence-corrected chi connectivity index (χ2v) is 6.72. The number of hydrogen-bond donors (Lipinski definition) is 4. The average molecular weight is 333 g/mol. The molecule has 5 heteroatoms. The first-order valence-corrected chi connectivity index (χ1v) is 8.07. The fourth-order valence-corrected chi connectivity index (χ4v) is 2.93. The Morgan fingerprint density at radius 2 is 1.52 bits per heavy atom. The van der Waals surface area contributed by atoms with Gasteiger partial charge in [-0.2, -0.15) is 0 Å². The largest absolute Gasteiger partial charge is 0.287 e. The van der Waals surface area contributed by atoms with Crippen LogP contribution in [0.4, 0.5) is 5.69 Å². The Kier molecular flexibility index (Phi) is 4.00. The van der Waals surface area contributed by atoms with Crippen molar-refractivity contribution in [2.45, 2.75) is 19.3 Å². The van der Waals surface area contributed by atoms with Gasteiger partial charge in [-0.05, 0) is 47.5 Å². The standard InChI is InChI=1S/C20H21N5/c1-20(2)15-11-14(19(23)24)8-9-16(15)25-17(20)10-5-12-3-6-13(7-4-12)18(21)22/h3-11H,1-2H3,(H3,21,22)(H3,23,24)/p+2. The lowest BCUT2D eigenvalue weighted by molar-refractivity contribution is -0.115. The van der Waals surface area contributed by atoms with Gasteiger partial charge in [-0.3, -0.25) is 27.3 Å². The van der Waals surface area contributed by atoms with E-state index in [0.29, 0.717) is 11.7 Å². The van der Waals surface area contributed by atoms with Gasteiger partial charge in [-0.1, -0.05) is 32.1 Å². The number of fused-ring (bicyclic) bond motifs is 1. The maximum Gasteiger partial charge on any atom is 0.270 e. The molecular weight excluding hydrogens is 310 g/mol. The summed E-state index contributed by atoms with van der Waals surface area (Å²) in [5, 5.41) is 11.3. The van der Waals surface area contributed by atoms with Crippen LogP contribution in [0.1, 0.15) is 36.1 Å². The van der Waals surface area contributed by atoms with E-state index in [2.05, 4.69) is 13.8 Å². The second kappa shape index (κ2) is 6.02. The van der Waals surface area contributed by atoms with E-state index in [1.165, 1.54) is 0 Å². The molecule has 0 fully saturated rings. The third-order valence-corrected chi connectivity index (χ3v) is 4.56. The summed E-state index contributed by atoms with van der Waals surface area (Å²) >= 11 is 0. The van der Waals surface area contributed by atoms with Crippen LogP contribution in [0.3, 0.4) is 0 Å². The molecule has 3 rings (SSSR count). The molecule has 1 heterocycles. The SMILES string of the molecule is CC1(C)C(C=Cc2ccc(C(N)=[NH2+])cc2)=Nc2ccc(C(N)=[NH2+])cc21. The van der Waals surface area contributed by atoms with Gasteiger partial charge in [0, 0.05) is 5.41 Å². The van der Waals surface area contributed by atoms with E-state index < -0.39 is 0 Å². The minimum absolute atomic E-state index is 0.216. The van der Waals surface area contributed by atoms with Gasteiger partial charge < -0.3 is 0 Å². The van der Waals surface area contributed by atoms with Crippen LogP contribution in [0.25, 0.3) is 6.08 Å². The van der Waals surface area contributed by atoms with Crippen molar-refractivity contribution in [3.8, 4) is 0 Å². The highest BCUT2D eigenvalue weighted by molar-refractivity contribution is 6.10. The first kappa shape index (κ1) is 16.6. The zero-order chi connectivity index (χ0) is 18.2. The molecular formula is C20H23N5+2. The number of allylic oxidation sites excluding steroid dienone is 1. The number of rotatable bonds is 4. The molecule has 1 aliphatic heterocycles. The number of aliphatic imine (C=N–C) groups is 1. The van der Waals surface area contributed by atoms with Gasteiger partial charge in [0.1, 0.15) is 0 Å². The summed E-state index contributed by atoms with van der Waals surface area (Å²) in [5.74, 6) is 0.637. The van der Waals surface area contributed by atoms with Gasteiger partial charge in [0.05, 0.1) is 22.5 Å². The zero-order valence-corrected chi connectivity index (χ0v) is 14.5. The lowest BCUT2D eigenvalue weighted by atomic mass is 9.80. The summed E-state index contributed by atoms with van der Waals surface area (Å²) < 4.78 is 0. The van der Waals surface area contributed by atoms with E-state index in [1.54, 1.807) is 0 Å². The third kappa shape index (κ3) is 3.08. The Morgan fingerprint density at radius 3 is 2.12 bits per heavy atom. The lowest BCUT2D eigenvalue weighted by Crippen LogP contribution is -2.46. The number of hydrogen-bond acceptors (Lipinski definition) is 1. The molecule has 2 aromatic rings. The van der Waals surface area contributed by atoms with E-state index in [-0.39, 0.29) is 5.41 Å². The van der Waals surface area contributed by atoms with E-state index >= 15 is 0 Å². The molecule has 0 aromatic heterocycles. The van der Waals surface area contributed by atoms with E-state index in [4.69, 9.17) is 27.3 Å². The second-order valence-electron chi connectivity index (χ2n) is 6.72. The van der Waals surface area contributed by atoms with Crippen molar-refractivity contribution in [1.82, 2.24) is 0 Å². The van der Waals surface area contributed by atoms with Gasteiger partial charge in [0.25, 0.3) is 11.7 Å². The van der Waals surface area contributed by atoms with Crippen LogP contribution >= 0.6 is 0 Å². The zero-order valence-electron chi connectivity index (χ0n) is 14.5. The molecule has 2 aromatic carbocycles. The molecule has 5 nitrogen and oxygen atoms in total. The minimum atomic E-state index is -0.216. The maximum absolute atomic E-state index is 5.72. The highest BCUT2D eigenvalue weighted by atomic mass is 14.8. The first-order valence-electron chi connectivity index (χ1n) is 8.07. The van der Waals surface area contributed by atoms with Gasteiger partial charge in [-0.25, -0.2) is 0 Å². The van der Waals surface area contributed by atoms with Crippen molar-refractivity contribution < 1.29 is 10.8 Å². The van der Waals surface area contributed by atoms with Crippen molar-refractivity contribution in [3.63, 3.8) is 0 Å². The molecule has 0 amide bonds. The predicted octanol–water partition coefficient (Wildman–Crippen LogP) is -0.307. The summed E-state index contributed by atoms with van der Waals surface area (Å²) in [7, 11) is 0. The van der Waals surface area contributed by atoms with Crippen molar-refractivity contribution in [2.75, 3.05) is 0 Å². The summed E-state index contributed by atoms with van der Waals surface area (Å²) in [5.41, 5.74) is 16.9. The summed E-state index contributed by atoms with van der Waals surface area (Å²) in [4.78, 5) is 4.76. The Morgan fingerprint density at radius 1 is 0.920 bits per heavy atom. The third-order valence-electron chi connectivity index (χ3n) is 4.56. The number of benzene rings is 2. The predicted molar refractivity (Wildman–Crippen MR) is 102 cm³/mol. The quantitative estimate of drug-likeness (QED) is 0.454. The van der Waals surface area contributed by atoms with Crippen LogP contribution in [0.15, 0.2) is 53.5 Å². The molecule has 0 spiro atoms. The molecule has 0 saturated heterocycles. The summed E-state index contributed by atoms with van der Waals surface area (Å²) in [6, 6.07) is 13.6. The van der Waals surface area contributed by atoms with Gasteiger partial charge in [0.2, 0.25) is 0 Å². The lowest BCUT2D eigenvalue weighted by Gasteiger charge is -2.20. The fourth-order valence-electron chi connectivity index (χ4n) is 2.93. The summed E-state index contributed by atoms with van der Waals surface area (Å²) in [6.07, 6.45) is 4.08. The average Bonchev–Trinajstić information content (AvgIpc) is 2.83. The van der Waals surface area contributed by atoms with Crippen molar-refractivity contribution in [2.24, 2.45) is 16.5 Å². The van der Waals surface area contributed by atoms with E-state index in [1.807, 2.05) is 54.6 Å². The van der Waals surface area contributed by atoms with Crippen LogP contribution in [-0.2, 0) is 5.41 Å². The van der Waals surface area contributed by atoms with Crippen molar-refractivity contribution in [3.05, 3.63) is 70.8 Å². The normalized spacial score (nSPS) is 15.0. The van der Waals surface area contributed by atoms with E-state index in [9.17, 15) is 0 Å². The molecule has 0 aliphatic carbocycles. The fraction of sp³-hybridized carbons (Fsp3) is 0.150. The molecule has 0 saturated carbocycles. The number of nitrogens with zero attached hydrogens (tertiary/aromatic N) is 1. The Balaban J connectivity index is 1.88. The molecule has 8 N–H and O–H groups in total. The summed E-state index contributed by atoms with van der Waals surface area (Å²) in [6.45, 7) is 4.29. The Bertz CT molecular complexity index is 918. The first-order chi connectivity index (χ1) is 11.8. The highest BCUT2D eigenvalue weighted by Gasteiger charge is 2.34. The molecule has 0 bridgehead atoms. The highest BCUT2D eigenvalue weighted by Crippen LogP contribution is 2.40. The number of amidine groups is 2. The topological polar surface area (TPSA) is 116 Å². The molecule has 0 radical (unpaired) electrons. The smallest absolute Gasteiger partial charge is 0.270 e. The number of nitrogens with two attached hydrogens (primary N) is 4. The molecule has 25 heavy (non-hydrogen) atoms. The van der Waals surface area contributed by atoms with E-state index in [0.717, 1.165) is 33.7 Å².